The van der Waals surface area contributed by atoms with Crippen molar-refractivity contribution >= 4 is 5.91 Å². The number of H-pyrrole nitrogens is 1. The Bertz CT molecular complexity index is 351. The van der Waals surface area contributed by atoms with Gasteiger partial charge in [-0.15, -0.1) is 0 Å². The number of aromatic nitrogens is 3. The normalized spacial score (nSPS) is 13.4. The Morgan fingerprint density at radius 1 is 1.59 bits per heavy atom. The summed E-state index contributed by atoms with van der Waals surface area (Å²) in [4.78, 5) is 15.0. The van der Waals surface area contributed by atoms with E-state index in [0.717, 1.165) is 0 Å². The number of nitrogens with one attached hydrogen (secondary N) is 3. The molecule has 0 fully saturated rings. The SMILES string of the molecule is CC(NC(=O)CNCC(F)(F)F)c1ncn[nH]1. The zero-order valence-corrected chi connectivity index (χ0v) is 9.01. The maximum Gasteiger partial charge on any atom is 0.401 e. The Morgan fingerprint density at radius 2 is 2.29 bits per heavy atom. The highest BCUT2D eigenvalue weighted by molar-refractivity contribution is 5.78. The van der Waals surface area contributed by atoms with E-state index in [9.17, 15) is 18.0 Å². The van der Waals surface area contributed by atoms with Crippen LogP contribution in [-0.2, 0) is 4.79 Å². The van der Waals surface area contributed by atoms with Gasteiger partial charge >= 0.3 is 6.18 Å². The second-order valence-corrected chi connectivity index (χ2v) is 3.38. The number of rotatable bonds is 5. The first kappa shape index (κ1) is 13.4. The number of nitrogens with zero attached hydrogens (tertiary/aromatic N) is 2. The largest absolute Gasteiger partial charge is 0.401 e. The minimum absolute atomic E-state index is 0.405. The predicted octanol–water partition coefficient (Wildman–Crippen LogP) is 0.134. The van der Waals surface area contributed by atoms with E-state index in [1.807, 2.05) is 5.32 Å². The van der Waals surface area contributed by atoms with E-state index in [2.05, 4.69) is 20.5 Å². The average molecular weight is 251 g/mol. The maximum absolute atomic E-state index is 11.8. The van der Waals surface area contributed by atoms with E-state index < -0.39 is 31.2 Å². The van der Waals surface area contributed by atoms with Crippen LogP contribution in [0.25, 0.3) is 0 Å². The first-order chi connectivity index (χ1) is 7.88. The number of hydrogen-bond donors (Lipinski definition) is 3. The fraction of sp³-hybridized carbons (Fsp3) is 0.625. The number of carbonyl (C=O) groups is 1. The fourth-order valence-electron chi connectivity index (χ4n) is 1.10. The topological polar surface area (TPSA) is 82.7 Å². The molecule has 1 aromatic rings. The molecule has 1 atom stereocenters. The summed E-state index contributed by atoms with van der Waals surface area (Å²) in [5.41, 5.74) is 0. The highest BCUT2D eigenvalue weighted by Gasteiger charge is 2.26. The number of hydrogen-bond acceptors (Lipinski definition) is 4. The van der Waals surface area contributed by atoms with Crippen LogP contribution < -0.4 is 10.6 Å². The first-order valence-corrected chi connectivity index (χ1v) is 4.80. The molecule has 0 spiro atoms. The summed E-state index contributed by atoms with van der Waals surface area (Å²) in [5.74, 6) is -0.104. The predicted molar refractivity (Wildman–Crippen MR) is 51.9 cm³/mol. The highest BCUT2D eigenvalue weighted by atomic mass is 19.4. The average Bonchev–Trinajstić information content (AvgIpc) is 2.67. The van der Waals surface area contributed by atoms with Crippen LogP contribution in [0, 0.1) is 0 Å². The first-order valence-electron chi connectivity index (χ1n) is 4.80. The van der Waals surface area contributed by atoms with Gasteiger partial charge in [-0.3, -0.25) is 9.89 Å². The quantitative estimate of drug-likeness (QED) is 0.695. The standard InChI is InChI=1S/C8H12F3N5O/c1-5(7-13-4-14-16-7)15-6(17)2-12-3-8(9,10)11/h4-5,12H,2-3H2,1H3,(H,15,17)(H,13,14,16). The summed E-state index contributed by atoms with van der Waals surface area (Å²) in [6.07, 6.45) is -3.04. The number of aromatic amines is 1. The third kappa shape index (κ3) is 5.29. The lowest BCUT2D eigenvalue weighted by Crippen LogP contribution is -2.39. The summed E-state index contributed by atoms with van der Waals surface area (Å²) in [6.45, 7) is 0.0390. The van der Waals surface area contributed by atoms with Crippen LogP contribution >= 0.6 is 0 Å². The van der Waals surface area contributed by atoms with Crippen molar-refractivity contribution in [2.75, 3.05) is 13.1 Å². The van der Waals surface area contributed by atoms with Crippen molar-refractivity contribution in [3.63, 3.8) is 0 Å². The molecule has 0 aliphatic carbocycles. The molecule has 6 nitrogen and oxygen atoms in total. The van der Waals surface area contributed by atoms with Crippen LogP contribution in [0.3, 0.4) is 0 Å². The number of amides is 1. The van der Waals surface area contributed by atoms with Crippen molar-refractivity contribution in [2.45, 2.75) is 19.1 Å². The van der Waals surface area contributed by atoms with Crippen molar-refractivity contribution in [1.29, 1.82) is 0 Å². The lowest BCUT2D eigenvalue weighted by molar-refractivity contribution is -0.128. The molecule has 0 saturated heterocycles. The van der Waals surface area contributed by atoms with Crippen molar-refractivity contribution in [1.82, 2.24) is 25.8 Å². The minimum Gasteiger partial charge on any atom is -0.345 e. The molecule has 0 radical (unpaired) electrons. The van der Waals surface area contributed by atoms with Gasteiger partial charge in [0.1, 0.15) is 12.2 Å². The van der Waals surface area contributed by atoms with E-state index in [1.165, 1.54) is 6.33 Å². The van der Waals surface area contributed by atoms with Crippen LogP contribution in [0.4, 0.5) is 13.2 Å². The summed E-state index contributed by atoms with van der Waals surface area (Å²) < 4.78 is 35.3. The Labute approximate surface area is 95.0 Å². The van der Waals surface area contributed by atoms with Crippen molar-refractivity contribution in [2.24, 2.45) is 0 Å². The van der Waals surface area contributed by atoms with Gasteiger partial charge in [-0.1, -0.05) is 0 Å². The van der Waals surface area contributed by atoms with Crippen LogP contribution in [0.5, 0.6) is 0 Å². The van der Waals surface area contributed by atoms with Crippen LogP contribution in [0.15, 0.2) is 6.33 Å². The molecule has 0 aliphatic rings. The molecule has 1 aromatic heterocycles. The molecule has 0 bridgehead atoms. The Kier molecular flexibility index (Phi) is 4.44. The molecule has 1 heterocycles. The van der Waals surface area contributed by atoms with Gasteiger partial charge in [0, 0.05) is 0 Å². The molecule has 0 saturated carbocycles. The van der Waals surface area contributed by atoms with Gasteiger partial charge in [-0.25, -0.2) is 4.98 Å². The smallest absolute Gasteiger partial charge is 0.345 e. The second kappa shape index (κ2) is 5.62. The van der Waals surface area contributed by atoms with Crippen LogP contribution in [-0.4, -0.2) is 40.4 Å². The monoisotopic (exact) mass is 251 g/mol. The second-order valence-electron chi connectivity index (χ2n) is 3.38. The molecule has 0 aliphatic heterocycles. The maximum atomic E-state index is 11.8. The summed E-state index contributed by atoms with van der Waals surface area (Å²) in [6, 6.07) is -0.433. The zero-order chi connectivity index (χ0) is 12.9. The number of halogens is 3. The summed E-state index contributed by atoms with van der Waals surface area (Å²) in [5, 5.41) is 10.6. The molecular weight excluding hydrogens is 239 g/mol. The molecule has 3 N–H and O–H groups in total. The van der Waals surface area contributed by atoms with E-state index in [4.69, 9.17) is 0 Å². The van der Waals surface area contributed by atoms with E-state index in [-0.39, 0.29) is 0 Å². The molecule has 9 heteroatoms. The van der Waals surface area contributed by atoms with Gasteiger partial charge < -0.3 is 10.6 Å². The Balaban J connectivity index is 2.26. The number of alkyl halides is 3. The lowest BCUT2D eigenvalue weighted by Gasteiger charge is -2.12. The number of carbonyl (C=O) groups excluding carboxylic acids is 1. The minimum atomic E-state index is -4.32. The van der Waals surface area contributed by atoms with Gasteiger partial charge in [-0.05, 0) is 6.92 Å². The summed E-state index contributed by atoms with van der Waals surface area (Å²) in [7, 11) is 0. The van der Waals surface area contributed by atoms with Crippen molar-refractivity contribution in [3.05, 3.63) is 12.2 Å². The van der Waals surface area contributed by atoms with Gasteiger partial charge in [0.15, 0.2) is 0 Å². The lowest BCUT2D eigenvalue weighted by atomic mass is 10.3. The van der Waals surface area contributed by atoms with Crippen molar-refractivity contribution < 1.29 is 18.0 Å². The highest BCUT2D eigenvalue weighted by Crippen LogP contribution is 2.11. The van der Waals surface area contributed by atoms with Crippen LogP contribution in [0.2, 0.25) is 0 Å². The molecule has 1 unspecified atom stereocenters. The van der Waals surface area contributed by atoms with Gasteiger partial charge in [0.2, 0.25) is 5.91 Å². The van der Waals surface area contributed by atoms with E-state index >= 15 is 0 Å². The molecule has 96 valence electrons. The molecule has 17 heavy (non-hydrogen) atoms. The molecule has 1 rings (SSSR count). The molecular formula is C8H12F3N5O. The van der Waals surface area contributed by atoms with E-state index in [1.54, 1.807) is 6.92 Å². The third-order valence-corrected chi connectivity index (χ3v) is 1.83. The Hall–Kier alpha value is -1.64. The third-order valence-electron chi connectivity index (χ3n) is 1.83. The van der Waals surface area contributed by atoms with Gasteiger partial charge in [0.25, 0.3) is 0 Å². The Morgan fingerprint density at radius 3 is 2.82 bits per heavy atom. The van der Waals surface area contributed by atoms with Crippen LogP contribution in [0.1, 0.15) is 18.8 Å². The van der Waals surface area contributed by atoms with E-state index in [0.29, 0.717) is 5.82 Å². The fourth-order valence-corrected chi connectivity index (χ4v) is 1.10. The zero-order valence-electron chi connectivity index (χ0n) is 9.01. The van der Waals surface area contributed by atoms with Gasteiger partial charge in [0.05, 0.1) is 19.1 Å². The van der Waals surface area contributed by atoms with Crippen molar-refractivity contribution in [3.8, 4) is 0 Å². The van der Waals surface area contributed by atoms with Gasteiger partial charge in [-0.2, -0.15) is 18.3 Å². The summed E-state index contributed by atoms with van der Waals surface area (Å²) >= 11 is 0. The molecule has 0 aromatic carbocycles. The molecule has 1 amide bonds.